The average molecular weight is 248 g/mol. The van der Waals surface area contributed by atoms with Crippen molar-refractivity contribution in [3.63, 3.8) is 0 Å². The van der Waals surface area contributed by atoms with Gasteiger partial charge in [0.1, 0.15) is 6.07 Å². The topological polar surface area (TPSA) is 110 Å². The van der Waals surface area contributed by atoms with Crippen molar-refractivity contribution >= 4 is 17.9 Å². The Labute approximate surface area is 102 Å². The van der Waals surface area contributed by atoms with Gasteiger partial charge in [-0.25, -0.2) is 4.79 Å². The highest BCUT2D eigenvalue weighted by atomic mass is 16.6. The fourth-order valence-corrected chi connectivity index (χ4v) is 1.40. The maximum Gasteiger partial charge on any atom is 0.346 e. The zero-order valence-electron chi connectivity index (χ0n) is 9.37. The molecule has 0 bridgehead atoms. The molecule has 0 amide bonds. The van der Waals surface area contributed by atoms with Crippen molar-refractivity contribution in [3.05, 3.63) is 38.9 Å². The molecular weight excluding hydrogens is 240 g/mol. The minimum absolute atomic E-state index is 0.00612. The maximum atomic E-state index is 11.6. The third-order valence-corrected chi connectivity index (χ3v) is 2.12. The number of ether oxygens (including phenoxy) is 1. The van der Waals surface area contributed by atoms with Crippen LogP contribution in [0.25, 0.3) is 0 Å². The summed E-state index contributed by atoms with van der Waals surface area (Å²) in [6.45, 7) is 1.53. The molecule has 0 heterocycles. The molecule has 0 aliphatic carbocycles. The molecule has 0 aliphatic heterocycles. The first-order valence-electron chi connectivity index (χ1n) is 4.90. The van der Waals surface area contributed by atoms with Crippen LogP contribution >= 0.6 is 0 Å². The van der Waals surface area contributed by atoms with Crippen molar-refractivity contribution in [3.8, 4) is 6.07 Å². The number of aldehydes is 1. The molecule has 0 N–H and O–H groups in total. The van der Waals surface area contributed by atoms with Gasteiger partial charge in [0.05, 0.1) is 22.7 Å². The molecule has 0 atom stereocenters. The largest absolute Gasteiger partial charge is 0.462 e. The second-order valence-corrected chi connectivity index (χ2v) is 3.13. The number of rotatable bonds is 4. The molecule has 7 heteroatoms. The Morgan fingerprint density at radius 2 is 2.28 bits per heavy atom. The predicted octanol–water partition coefficient (Wildman–Crippen LogP) is 1.46. The van der Waals surface area contributed by atoms with Crippen LogP contribution in [0.2, 0.25) is 0 Å². The lowest BCUT2D eigenvalue weighted by molar-refractivity contribution is -0.385. The van der Waals surface area contributed by atoms with E-state index in [1.165, 1.54) is 13.0 Å². The standard InChI is InChI=1S/C11H8N2O5/c1-2-18-11(15)9-7(5-12)3-4-8(6-14)10(9)13(16)17/h3-4,6H,2H2,1H3. The minimum atomic E-state index is -0.996. The molecule has 18 heavy (non-hydrogen) atoms. The number of nitrogens with zero attached hydrogens (tertiary/aromatic N) is 2. The Kier molecular flexibility index (Phi) is 4.10. The average Bonchev–Trinajstić information content (AvgIpc) is 2.36. The van der Waals surface area contributed by atoms with Crippen molar-refractivity contribution < 1.29 is 19.2 Å². The summed E-state index contributed by atoms with van der Waals surface area (Å²) in [5.41, 5.74) is -1.68. The highest BCUT2D eigenvalue weighted by Gasteiger charge is 2.29. The van der Waals surface area contributed by atoms with Gasteiger partial charge in [-0.2, -0.15) is 5.26 Å². The molecule has 0 saturated heterocycles. The lowest BCUT2D eigenvalue weighted by Crippen LogP contribution is -2.12. The van der Waals surface area contributed by atoms with E-state index in [0.717, 1.165) is 6.07 Å². The monoisotopic (exact) mass is 248 g/mol. The van der Waals surface area contributed by atoms with Crippen LogP contribution in [0.15, 0.2) is 12.1 Å². The number of esters is 1. The van der Waals surface area contributed by atoms with Gasteiger partial charge in [-0.15, -0.1) is 0 Å². The predicted molar refractivity (Wildman–Crippen MR) is 59.2 cm³/mol. The van der Waals surface area contributed by atoms with Gasteiger partial charge in [0.25, 0.3) is 5.69 Å². The van der Waals surface area contributed by atoms with Gasteiger partial charge in [-0.3, -0.25) is 14.9 Å². The lowest BCUT2D eigenvalue weighted by Gasteiger charge is -2.06. The van der Waals surface area contributed by atoms with Gasteiger partial charge < -0.3 is 4.74 Å². The van der Waals surface area contributed by atoms with Crippen LogP contribution in [-0.2, 0) is 4.74 Å². The first kappa shape index (κ1) is 13.3. The summed E-state index contributed by atoms with van der Waals surface area (Å²) in [7, 11) is 0. The molecule has 0 spiro atoms. The van der Waals surface area contributed by atoms with E-state index < -0.39 is 22.1 Å². The summed E-state index contributed by atoms with van der Waals surface area (Å²) in [4.78, 5) is 32.4. The Balaban J connectivity index is 3.61. The van der Waals surface area contributed by atoms with Gasteiger partial charge in [0.15, 0.2) is 11.8 Å². The quantitative estimate of drug-likeness (QED) is 0.345. The van der Waals surface area contributed by atoms with Gasteiger partial charge >= 0.3 is 5.97 Å². The summed E-state index contributed by atoms with van der Waals surface area (Å²) < 4.78 is 4.65. The number of nitro benzene ring substituents is 1. The highest BCUT2D eigenvalue weighted by molar-refractivity contribution is 6.00. The van der Waals surface area contributed by atoms with E-state index in [2.05, 4.69) is 4.74 Å². The first-order valence-corrected chi connectivity index (χ1v) is 4.90. The highest BCUT2D eigenvalue weighted by Crippen LogP contribution is 2.26. The Morgan fingerprint density at radius 1 is 1.61 bits per heavy atom. The molecule has 0 unspecified atom stereocenters. The molecule has 1 rings (SSSR count). The van der Waals surface area contributed by atoms with Crippen molar-refractivity contribution in [1.82, 2.24) is 0 Å². The van der Waals surface area contributed by atoms with Crippen molar-refractivity contribution in [1.29, 1.82) is 5.26 Å². The van der Waals surface area contributed by atoms with Crippen LogP contribution in [0.5, 0.6) is 0 Å². The summed E-state index contributed by atoms with van der Waals surface area (Å²) >= 11 is 0. The number of nitriles is 1. The number of nitro groups is 1. The lowest BCUT2D eigenvalue weighted by atomic mass is 10.0. The SMILES string of the molecule is CCOC(=O)c1c(C#N)ccc(C=O)c1[N+](=O)[O-]. The van der Waals surface area contributed by atoms with E-state index in [9.17, 15) is 19.7 Å². The first-order chi connectivity index (χ1) is 8.56. The fourth-order valence-electron chi connectivity index (χ4n) is 1.40. The number of benzene rings is 1. The van der Waals surface area contributed by atoms with Crippen LogP contribution < -0.4 is 0 Å². The maximum absolute atomic E-state index is 11.6. The number of carbonyl (C=O) groups is 2. The molecule has 1 aromatic rings. The van der Waals surface area contributed by atoms with Gasteiger partial charge in [-0.1, -0.05) is 0 Å². The van der Waals surface area contributed by atoms with Crippen LogP contribution in [0.1, 0.15) is 33.2 Å². The van der Waals surface area contributed by atoms with Gasteiger partial charge in [0.2, 0.25) is 0 Å². The van der Waals surface area contributed by atoms with E-state index in [4.69, 9.17) is 5.26 Å². The second kappa shape index (κ2) is 5.54. The number of hydrogen-bond donors (Lipinski definition) is 0. The normalized spacial score (nSPS) is 9.33. The van der Waals surface area contributed by atoms with Gasteiger partial charge in [0, 0.05) is 0 Å². The van der Waals surface area contributed by atoms with Crippen molar-refractivity contribution in [2.75, 3.05) is 6.61 Å². The third-order valence-electron chi connectivity index (χ3n) is 2.12. The van der Waals surface area contributed by atoms with E-state index in [-0.39, 0.29) is 24.0 Å². The van der Waals surface area contributed by atoms with Crippen LogP contribution in [0, 0.1) is 21.4 Å². The van der Waals surface area contributed by atoms with Gasteiger partial charge in [-0.05, 0) is 19.1 Å². The summed E-state index contributed by atoms with van der Waals surface area (Å²) in [5.74, 6) is -0.996. The smallest absolute Gasteiger partial charge is 0.346 e. The summed E-state index contributed by atoms with van der Waals surface area (Å²) in [5, 5.41) is 19.7. The Bertz CT molecular complexity index is 559. The molecule has 92 valence electrons. The van der Waals surface area contributed by atoms with Crippen LogP contribution in [-0.4, -0.2) is 23.8 Å². The Hall–Kier alpha value is -2.75. The number of hydrogen-bond acceptors (Lipinski definition) is 6. The van der Waals surface area contributed by atoms with E-state index in [1.807, 2.05) is 0 Å². The molecular formula is C11H8N2O5. The number of carbonyl (C=O) groups excluding carboxylic acids is 2. The second-order valence-electron chi connectivity index (χ2n) is 3.13. The van der Waals surface area contributed by atoms with Crippen molar-refractivity contribution in [2.45, 2.75) is 6.92 Å². The van der Waals surface area contributed by atoms with E-state index in [1.54, 1.807) is 6.07 Å². The zero-order chi connectivity index (χ0) is 13.7. The molecule has 0 fully saturated rings. The fraction of sp³-hybridized carbons (Fsp3) is 0.182. The Morgan fingerprint density at radius 3 is 2.72 bits per heavy atom. The summed E-state index contributed by atoms with van der Waals surface area (Å²) in [6, 6.07) is 3.95. The van der Waals surface area contributed by atoms with E-state index >= 15 is 0 Å². The molecule has 1 aromatic carbocycles. The molecule has 0 aliphatic rings. The van der Waals surface area contributed by atoms with Crippen LogP contribution in [0.4, 0.5) is 5.69 Å². The van der Waals surface area contributed by atoms with E-state index in [0.29, 0.717) is 0 Å². The zero-order valence-corrected chi connectivity index (χ0v) is 9.37. The third kappa shape index (κ3) is 2.32. The molecule has 0 radical (unpaired) electrons. The van der Waals surface area contributed by atoms with Crippen LogP contribution in [0.3, 0.4) is 0 Å². The molecule has 7 nitrogen and oxygen atoms in total. The molecule has 0 saturated carbocycles. The minimum Gasteiger partial charge on any atom is -0.462 e. The van der Waals surface area contributed by atoms with Crippen molar-refractivity contribution in [2.24, 2.45) is 0 Å². The summed E-state index contributed by atoms with van der Waals surface area (Å²) in [6.07, 6.45) is 0.252. The molecule has 0 aromatic heterocycles.